The third-order valence-corrected chi connectivity index (χ3v) is 11.3. The maximum atomic E-state index is 15.3. The molecular weight excluding hydrogens is 781 g/mol. The summed E-state index contributed by atoms with van der Waals surface area (Å²) in [5, 5.41) is 0. The van der Waals surface area contributed by atoms with Crippen molar-refractivity contribution in [2.75, 3.05) is 14.2 Å². The van der Waals surface area contributed by atoms with Gasteiger partial charge in [0.2, 0.25) is 11.8 Å². The van der Waals surface area contributed by atoms with E-state index in [0.717, 1.165) is 22.3 Å². The number of rotatable bonds is 18. The Labute approximate surface area is 362 Å². The third kappa shape index (κ3) is 11.1. The molecule has 1 aliphatic rings. The highest BCUT2D eigenvalue weighted by Gasteiger charge is 2.59. The third-order valence-electron chi connectivity index (χ3n) is 11.3. The van der Waals surface area contributed by atoms with E-state index < -0.39 is 35.6 Å². The van der Waals surface area contributed by atoms with Crippen molar-refractivity contribution in [2.24, 2.45) is 23.7 Å². The molecule has 0 N–H and O–H groups in total. The van der Waals surface area contributed by atoms with Crippen LogP contribution in [0.1, 0.15) is 35.1 Å². The smallest absolute Gasteiger partial charge is 0.305 e. The van der Waals surface area contributed by atoms with Crippen LogP contribution < -0.4 is 9.47 Å². The number of carbonyl (C=O) groups excluding carboxylic acids is 4. The summed E-state index contributed by atoms with van der Waals surface area (Å²) in [5.41, 5.74) is 3.48. The molecule has 0 saturated heterocycles. The zero-order valence-corrected chi connectivity index (χ0v) is 34.9. The molecule has 1 fully saturated rings. The Bertz CT molecular complexity index is 2210. The number of methoxy groups -OCH3 is 2. The van der Waals surface area contributed by atoms with E-state index in [4.69, 9.17) is 18.9 Å². The minimum Gasteiger partial charge on any atom is -0.469 e. The maximum Gasteiger partial charge on any atom is 0.305 e. The van der Waals surface area contributed by atoms with Gasteiger partial charge in [0, 0.05) is 39.0 Å². The molecule has 6 aromatic carbocycles. The average molecular weight is 831 g/mol. The number of amides is 2. The predicted molar refractivity (Wildman–Crippen MR) is 235 cm³/mol. The molecule has 4 unspecified atom stereocenters. The van der Waals surface area contributed by atoms with E-state index >= 15 is 9.59 Å². The molecule has 6 aromatic rings. The molecule has 0 radical (unpaired) electrons. The number of benzene rings is 6. The Kier molecular flexibility index (Phi) is 14.4. The quantitative estimate of drug-likeness (QED) is 0.0788. The normalized spacial score (nSPS) is 16.5. The Morgan fingerprint density at radius 1 is 0.387 bits per heavy atom. The molecule has 1 aliphatic carbocycles. The molecule has 7 rings (SSSR count). The molecular formula is C52H50N2O8. The topological polar surface area (TPSA) is 112 Å². The van der Waals surface area contributed by atoms with Gasteiger partial charge in [-0.25, -0.2) is 0 Å². The number of hydrogen-bond donors (Lipinski definition) is 0. The van der Waals surface area contributed by atoms with Crippen molar-refractivity contribution in [3.05, 3.63) is 192 Å². The van der Waals surface area contributed by atoms with E-state index in [1.807, 2.05) is 170 Å². The molecule has 316 valence electrons. The van der Waals surface area contributed by atoms with E-state index in [1.54, 1.807) is 9.80 Å². The first-order valence-electron chi connectivity index (χ1n) is 20.7. The molecule has 2 amide bonds. The number of para-hydroxylation sites is 2. The van der Waals surface area contributed by atoms with Gasteiger partial charge in [-0.05, 0) is 82.6 Å². The van der Waals surface area contributed by atoms with Gasteiger partial charge in [0.05, 0.1) is 26.1 Å². The number of carbonyl (C=O) groups is 4. The fraction of sp³-hybridized carbons (Fsp3) is 0.231. The minimum atomic E-state index is -0.944. The SMILES string of the molecule is COC(=O)CC1C(CC(=O)OC)C(C(=O)N(Cc2ccccc2)Cc2ccc(Oc3ccccc3)cc2)C1C(=O)N(Cc1ccccc1)Cc1ccc(Oc2ccccc2)cc1. The molecule has 4 atom stereocenters. The first-order valence-corrected chi connectivity index (χ1v) is 20.7. The van der Waals surface area contributed by atoms with E-state index in [0.29, 0.717) is 23.0 Å². The fourth-order valence-corrected chi connectivity index (χ4v) is 8.17. The van der Waals surface area contributed by atoms with E-state index in [-0.39, 0.29) is 50.8 Å². The summed E-state index contributed by atoms with van der Waals surface area (Å²) in [6, 6.07) is 53.3. The Balaban J connectivity index is 1.22. The summed E-state index contributed by atoms with van der Waals surface area (Å²) in [4.78, 5) is 60.2. The maximum absolute atomic E-state index is 15.3. The van der Waals surface area contributed by atoms with Crippen LogP contribution in [0.4, 0.5) is 0 Å². The van der Waals surface area contributed by atoms with Crippen molar-refractivity contribution in [3.8, 4) is 23.0 Å². The van der Waals surface area contributed by atoms with E-state index in [9.17, 15) is 9.59 Å². The first-order chi connectivity index (χ1) is 30.3. The van der Waals surface area contributed by atoms with E-state index in [1.165, 1.54) is 14.2 Å². The van der Waals surface area contributed by atoms with Crippen molar-refractivity contribution in [1.29, 1.82) is 0 Å². The van der Waals surface area contributed by atoms with Gasteiger partial charge in [-0.15, -0.1) is 0 Å². The Morgan fingerprint density at radius 3 is 0.968 bits per heavy atom. The molecule has 0 spiro atoms. The van der Waals surface area contributed by atoms with Crippen LogP contribution in [0.25, 0.3) is 0 Å². The molecule has 0 bridgehead atoms. The van der Waals surface area contributed by atoms with Crippen molar-refractivity contribution in [2.45, 2.75) is 39.0 Å². The van der Waals surface area contributed by atoms with Crippen molar-refractivity contribution in [1.82, 2.24) is 9.80 Å². The molecule has 0 heterocycles. The lowest BCUT2D eigenvalue weighted by molar-refractivity contribution is -0.175. The summed E-state index contributed by atoms with van der Waals surface area (Å²) in [6.07, 6.45) is -0.296. The van der Waals surface area contributed by atoms with Crippen LogP contribution in [0.15, 0.2) is 170 Å². The monoisotopic (exact) mass is 830 g/mol. The largest absolute Gasteiger partial charge is 0.469 e. The van der Waals surface area contributed by atoms with E-state index in [2.05, 4.69) is 0 Å². The van der Waals surface area contributed by atoms with Gasteiger partial charge in [0.25, 0.3) is 0 Å². The van der Waals surface area contributed by atoms with Gasteiger partial charge in [-0.2, -0.15) is 0 Å². The van der Waals surface area contributed by atoms with Gasteiger partial charge in [0.1, 0.15) is 23.0 Å². The summed E-state index contributed by atoms with van der Waals surface area (Å²) < 4.78 is 22.3. The summed E-state index contributed by atoms with van der Waals surface area (Å²) >= 11 is 0. The summed E-state index contributed by atoms with van der Waals surface area (Å²) in [6.45, 7) is 0.928. The van der Waals surface area contributed by atoms with Crippen molar-refractivity contribution in [3.63, 3.8) is 0 Å². The highest BCUT2D eigenvalue weighted by molar-refractivity contribution is 5.92. The van der Waals surface area contributed by atoms with Crippen LogP contribution in [0.5, 0.6) is 23.0 Å². The zero-order valence-electron chi connectivity index (χ0n) is 34.9. The minimum absolute atomic E-state index is 0.148. The number of esters is 2. The van der Waals surface area contributed by atoms with Gasteiger partial charge in [0.15, 0.2) is 0 Å². The fourth-order valence-electron chi connectivity index (χ4n) is 8.17. The highest BCUT2D eigenvalue weighted by atomic mass is 16.5. The number of hydrogen-bond acceptors (Lipinski definition) is 8. The second-order valence-electron chi connectivity index (χ2n) is 15.4. The average Bonchev–Trinajstić information content (AvgIpc) is 3.31. The summed E-state index contributed by atoms with van der Waals surface area (Å²) in [7, 11) is 2.58. The first kappa shape index (κ1) is 42.9. The molecule has 0 aromatic heterocycles. The van der Waals surface area contributed by atoms with Crippen LogP contribution in [0.2, 0.25) is 0 Å². The highest BCUT2D eigenvalue weighted by Crippen LogP contribution is 2.52. The second-order valence-corrected chi connectivity index (χ2v) is 15.4. The van der Waals surface area contributed by atoms with Crippen LogP contribution in [0.3, 0.4) is 0 Å². The van der Waals surface area contributed by atoms with Crippen LogP contribution >= 0.6 is 0 Å². The van der Waals surface area contributed by atoms with Gasteiger partial charge in [-0.1, -0.05) is 121 Å². The van der Waals surface area contributed by atoms with Crippen LogP contribution in [-0.4, -0.2) is 47.8 Å². The zero-order chi connectivity index (χ0) is 43.3. The van der Waals surface area contributed by atoms with Crippen molar-refractivity contribution >= 4 is 23.8 Å². The lowest BCUT2D eigenvalue weighted by Gasteiger charge is -2.52. The molecule has 1 saturated carbocycles. The number of ether oxygens (including phenoxy) is 4. The number of nitrogens with zero attached hydrogens (tertiary/aromatic N) is 2. The molecule has 10 heteroatoms. The summed E-state index contributed by atoms with van der Waals surface area (Å²) in [5.74, 6) is -2.19. The Hall–Kier alpha value is -7.20. The van der Waals surface area contributed by atoms with Crippen molar-refractivity contribution < 1.29 is 38.1 Å². The molecule has 10 nitrogen and oxygen atoms in total. The predicted octanol–water partition coefficient (Wildman–Crippen LogP) is 9.63. The van der Waals surface area contributed by atoms with Gasteiger partial charge < -0.3 is 28.7 Å². The lowest BCUT2D eigenvalue weighted by atomic mass is 9.53. The molecule has 62 heavy (non-hydrogen) atoms. The second kappa shape index (κ2) is 20.9. The van der Waals surface area contributed by atoms with Crippen LogP contribution in [0, 0.1) is 23.7 Å². The van der Waals surface area contributed by atoms with Gasteiger partial charge >= 0.3 is 11.9 Å². The molecule has 0 aliphatic heterocycles. The van der Waals surface area contributed by atoms with Crippen LogP contribution in [-0.2, 0) is 54.8 Å². The standard InChI is InChI=1S/C52H50N2O8/c1-59-47(55)31-45-46(32-48(56)60-2)50(52(58)54(34-38-17-9-4-10-18-38)36-40-25-29-44(30-26-40)62-42-21-13-6-14-22-42)49(45)51(57)53(33-37-15-7-3-8-16-37)35-39-23-27-43(28-24-39)61-41-19-11-5-12-20-41/h3-30,45-46,49-50H,31-36H2,1-2H3. The Morgan fingerprint density at radius 2 is 0.661 bits per heavy atom. The lowest BCUT2D eigenvalue weighted by Crippen LogP contribution is -2.60. The van der Waals surface area contributed by atoms with Gasteiger partial charge in [-0.3, -0.25) is 19.2 Å².